The first kappa shape index (κ1) is 11.8. The fourth-order valence-electron chi connectivity index (χ4n) is 0.688. The number of carbonyl (C=O) groups is 1. The second-order valence-corrected chi connectivity index (χ2v) is 2.35. The number of benzene rings is 1. The van der Waals surface area contributed by atoms with Gasteiger partial charge in [-0.2, -0.15) is 0 Å². The first-order valence-corrected chi connectivity index (χ1v) is 3.21. The number of aromatic carboxylic acids is 1. The van der Waals surface area contributed by atoms with Gasteiger partial charge in [-0.15, -0.1) is 0 Å². The third-order valence-electron chi connectivity index (χ3n) is 1.22. The average Bonchev–Trinajstić information content (AvgIpc) is 1.94. The van der Waals surface area contributed by atoms with Crippen LogP contribution in [0.1, 0.15) is 11.8 Å². The Kier molecular flexibility index (Phi) is 4.63. The van der Waals surface area contributed by atoms with E-state index in [0.29, 0.717) is 0 Å². The van der Waals surface area contributed by atoms with Gasteiger partial charge in [0.05, 0.1) is 5.02 Å². The molecule has 3 nitrogen and oxygen atoms in total. The molecule has 0 fully saturated rings. The van der Waals surface area contributed by atoms with Crippen LogP contribution in [-0.2, 0) is 0 Å². The van der Waals surface area contributed by atoms with Gasteiger partial charge in [0.1, 0.15) is 11.3 Å². The van der Waals surface area contributed by atoms with Gasteiger partial charge < -0.3 is 11.6 Å². The van der Waals surface area contributed by atoms with Crippen LogP contribution in [0.3, 0.4) is 0 Å². The minimum absolute atomic E-state index is 0. The van der Waals surface area contributed by atoms with Crippen molar-refractivity contribution in [2.24, 2.45) is 0 Å². The van der Waals surface area contributed by atoms with Crippen LogP contribution in [0.4, 0.5) is 0 Å². The molecule has 0 unspecified atom stereocenters. The fourth-order valence-corrected chi connectivity index (χ4v) is 0.862. The minimum Gasteiger partial charge on any atom is -1.00 e. The number of hydrogen-bond donors (Lipinski definition) is 2. The second-order valence-electron chi connectivity index (χ2n) is 1.94. The third-order valence-corrected chi connectivity index (χ3v) is 1.52. The zero-order valence-corrected chi connectivity index (χ0v) is 9.17. The number of hydrogen-bond acceptors (Lipinski definition) is 2. The van der Waals surface area contributed by atoms with E-state index in [4.69, 9.17) is 21.8 Å². The average molecular weight is 197 g/mol. The SMILES string of the molecule is O=C(O)c1cccc(Cl)c1O.[H-].[Na+]. The Hall–Kier alpha value is -0.220. The van der Waals surface area contributed by atoms with Crippen molar-refractivity contribution >= 4 is 17.6 Å². The molecule has 0 atom stereocenters. The molecule has 0 amide bonds. The summed E-state index contributed by atoms with van der Waals surface area (Å²) in [4.78, 5) is 10.4. The molecule has 0 aliphatic rings. The normalized spacial score (nSPS) is 8.75. The predicted octanol–water partition coefficient (Wildman–Crippen LogP) is -1.14. The molecule has 60 valence electrons. The van der Waals surface area contributed by atoms with Gasteiger partial charge in [0.15, 0.2) is 0 Å². The number of carboxylic acid groups (broad SMARTS) is 1. The summed E-state index contributed by atoms with van der Waals surface area (Å²) in [5, 5.41) is 17.6. The maximum atomic E-state index is 10.4. The Morgan fingerprint density at radius 3 is 2.50 bits per heavy atom. The van der Waals surface area contributed by atoms with Crippen molar-refractivity contribution in [2.75, 3.05) is 0 Å². The van der Waals surface area contributed by atoms with Gasteiger partial charge in [0.2, 0.25) is 0 Å². The Morgan fingerprint density at radius 1 is 1.50 bits per heavy atom. The zero-order valence-electron chi connectivity index (χ0n) is 7.41. The first-order chi connectivity index (χ1) is 5.13. The predicted molar refractivity (Wildman–Crippen MR) is 41.2 cm³/mol. The van der Waals surface area contributed by atoms with Crippen molar-refractivity contribution < 1.29 is 46.0 Å². The Balaban J connectivity index is 0. The summed E-state index contributed by atoms with van der Waals surface area (Å²) in [6.45, 7) is 0. The number of halogens is 1. The van der Waals surface area contributed by atoms with Crippen LogP contribution in [0.25, 0.3) is 0 Å². The molecule has 5 heteroatoms. The summed E-state index contributed by atoms with van der Waals surface area (Å²) in [5.41, 5.74) is -0.183. The van der Waals surface area contributed by atoms with Gasteiger partial charge in [-0.25, -0.2) is 4.79 Å². The van der Waals surface area contributed by atoms with Gasteiger partial charge >= 0.3 is 35.5 Å². The molecule has 0 bridgehead atoms. The molecule has 0 aliphatic carbocycles. The number of phenols is 1. The number of aromatic hydroxyl groups is 1. The van der Waals surface area contributed by atoms with Crippen molar-refractivity contribution in [3.05, 3.63) is 28.8 Å². The van der Waals surface area contributed by atoms with Crippen LogP contribution in [-0.4, -0.2) is 16.2 Å². The van der Waals surface area contributed by atoms with E-state index in [-0.39, 0.29) is 47.3 Å². The molecular formula is C7H6ClNaO3. The van der Waals surface area contributed by atoms with E-state index in [1.807, 2.05) is 0 Å². The number of rotatable bonds is 1. The molecule has 12 heavy (non-hydrogen) atoms. The Bertz CT molecular complexity index is 306. The molecule has 1 rings (SSSR count). The van der Waals surface area contributed by atoms with Gasteiger partial charge in [0.25, 0.3) is 0 Å². The zero-order chi connectivity index (χ0) is 8.43. The topological polar surface area (TPSA) is 57.5 Å². The number of carboxylic acids is 1. The van der Waals surface area contributed by atoms with Crippen molar-refractivity contribution in [3.8, 4) is 5.75 Å². The van der Waals surface area contributed by atoms with Crippen LogP contribution in [0.2, 0.25) is 5.02 Å². The minimum atomic E-state index is -1.19. The van der Waals surface area contributed by atoms with Crippen LogP contribution in [0.15, 0.2) is 18.2 Å². The summed E-state index contributed by atoms with van der Waals surface area (Å²) >= 11 is 5.44. The van der Waals surface area contributed by atoms with Crippen LogP contribution in [0, 0.1) is 0 Å². The molecule has 0 saturated carbocycles. The van der Waals surface area contributed by atoms with Gasteiger partial charge in [0, 0.05) is 0 Å². The molecule has 0 saturated heterocycles. The molecule has 1 aromatic carbocycles. The molecule has 0 aliphatic heterocycles. The van der Waals surface area contributed by atoms with Crippen molar-refractivity contribution in [2.45, 2.75) is 0 Å². The Labute approximate surface area is 97.7 Å². The van der Waals surface area contributed by atoms with E-state index in [0.717, 1.165) is 0 Å². The molecule has 0 radical (unpaired) electrons. The van der Waals surface area contributed by atoms with E-state index < -0.39 is 5.97 Å². The monoisotopic (exact) mass is 196 g/mol. The van der Waals surface area contributed by atoms with Crippen molar-refractivity contribution in [1.29, 1.82) is 0 Å². The van der Waals surface area contributed by atoms with Gasteiger partial charge in [-0.3, -0.25) is 0 Å². The van der Waals surface area contributed by atoms with Gasteiger partial charge in [-0.05, 0) is 12.1 Å². The fraction of sp³-hybridized carbons (Fsp3) is 0. The molecule has 2 N–H and O–H groups in total. The summed E-state index contributed by atoms with van der Waals surface area (Å²) in [6, 6.07) is 4.17. The summed E-state index contributed by atoms with van der Waals surface area (Å²) < 4.78 is 0. The molecule has 0 aromatic heterocycles. The van der Waals surface area contributed by atoms with E-state index in [2.05, 4.69) is 0 Å². The molecule has 0 spiro atoms. The van der Waals surface area contributed by atoms with E-state index in [1.165, 1.54) is 18.2 Å². The summed E-state index contributed by atoms with van der Waals surface area (Å²) in [5.74, 6) is -1.58. The van der Waals surface area contributed by atoms with Crippen molar-refractivity contribution in [1.82, 2.24) is 0 Å². The van der Waals surface area contributed by atoms with Crippen molar-refractivity contribution in [3.63, 3.8) is 0 Å². The first-order valence-electron chi connectivity index (χ1n) is 2.83. The van der Waals surface area contributed by atoms with E-state index >= 15 is 0 Å². The van der Waals surface area contributed by atoms with Gasteiger partial charge in [-0.1, -0.05) is 17.7 Å². The second kappa shape index (κ2) is 4.72. The molecular weight excluding hydrogens is 191 g/mol. The van der Waals surface area contributed by atoms with Crippen LogP contribution < -0.4 is 29.6 Å². The van der Waals surface area contributed by atoms with E-state index in [9.17, 15) is 4.79 Å². The summed E-state index contributed by atoms with van der Waals surface area (Å²) in [7, 11) is 0. The number of para-hydroxylation sites is 1. The Morgan fingerprint density at radius 2 is 2.08 bits per heavy atom. The quantitative estimate of drug-likeness (QED) is 0.559. The smallest absolute Gasteiger partial charge is 1.00 e. The van der Waals surface area contributed by atoms with Crippen LogP contribution in [0.5, 0.6) is 5.75 Å². The molecule has 1 aromatic rings. The molecule has 0 heterocycles. The maximum absolute atomic E-state index is 10.4. The van der Waals surface area contributed by atoms with Crippen LogP contribution >= 0.6 is 11.6 Å². The van der Waals surface area contributed by atoms with E-state index in [1.54, 1.807) is 0 Å². The maximum Gasteiger partial charge on any atom is 1.00 e. The largest absolute Gasteiger partial charge is 1.00 e. The third kappa shape index (κ3) is 2.38. The summed E-state index contributed by atoms with van der Waals surface area (Å²) in [6.07, 6.45) is 0. The standard InChI is InChI=1S/C7H5ClO3.Na.H/c8-5-3-1-2-4(6(5)9)7(10)11;;/h1-3,9H,(H,10,11);;/q;+1;-1.